The van der Waals surface area contributed by atoms with Gasteiger partial charge < -0.3 is 10.6 Å². The third kappa shape index (κ3) is 4.06. The third-order valence-corrected chi connectivity index (χ3v) is 4.60. The van der Waals surface area contributed by atoms with Crippen LogP contribution in [-0.4, -0.2) is 9.97 Å². The largest absolute Gasteiger partial charge is 0.365 e. The second kappa shape index (κ2) is 7.87. The van der Waals surface area contributed by atoms with Crippen molar-refractivity contribution in [2.75, 3.05) is 10.6 Å². The van der Waals surface area contributed by atoms with E-state index in [0.29, 0.717) is 12.5 Å². The number of anilines is 2. The summed E-state index contributed by atoms with van der Waals surface area (Å²) in [6.45, 7) is 3.54. The molecule has 4 nitrogen and oxygen atoms in total. The molecule has 0 unspecified atom stereocenters. The van der Waals surface area contributed by atoms with Crippen molar-refractivity contribution in [3.8, 4) is 0 Å². The molecule has 0 aliphatic heterocycles. The molecule has 4 aromatic rings. The quantitative estimate of drug-likeness (QED) is 0.502. The van der Waals surface area contributed by atoms with Crippen LogP contribution in [0, 0.1) is 6.92 Å². The molecular formula is C23H22N4. The Labute approximate surface area is 159 Å². The average Bonchev–Trinajstić information content (AvgIpc) is 2.72. The lowest BCUT2D eigenvalue weighted by molar-refractivity contribution is 1.04. The normalized spacial score (nSPS) is 10.7. The van der Waals surface area contributed by atoms with Gasteiger partial charge in [-0.05, 0) is 35.7 Å². The zero-order valence-corrected chi connectivity index (χ0v) is 15.3. The molecule has 0 saturated carbocycles. The van der Waals surface area contributed by atoms with Crippen molar-refractivity contribution in [3.63, 3.8) is 0 Å². The van der Waals surface area contributed by atoms with Gasteiger partial charge in [-0.3, -0.25) is 0 Å². The molecule has 0 bridgehead atoms. The van der Waals surface area contributed by atoms with Crippen molar-refractivity contribution in [2.24, 2.45) is 0 Å². The molecule has 1 heterocycles. The standard InChI is InChI=1S/C23H22N4/c1-17-9-5-6-12-19(17)16-25-23-26-21-14-8-7-13-20(21)22(27-23)24-15-18-10-3-2-4-11-18/h2-14H,15-16H2,1H3,(H2,24,25,26,27). The van der Waals surface area contributed by atoms with Crippen molar-refractivity contribution in [3.05, 3.63) is 95.6 Å². The fourth-order valence-electron chi connectivity index (χ4n) is 3.05. The maximum Gasteiger partial charge on any atom is 0.225 e. The van der Waals surface area contributed by atoms with E-state index in [-0.39, 0.29) is 0 Å². The maximum absolute atomic E-state index is 4.73. The average molecular weight is 354 g/mol. The topological polar surface area (TPSA) is 49.8 Å². The van der Waals surface area contributed by atoms with Gasteiger partial charge in [0, 0.05) is 18.5 Å². The Bertz CT molecular complexity index is 1040. The first-order valence-electron chi connectivity index (χ1n) is 9.12. The van der Waals surface area contributed by atoms with Gasteiger partial charge in [0.2, 0.25) is 5.95 Å². The summed E-state index contributed by atoms with van der Waals surface area (Å²) in [6.07, 6.45) is 0. The van der Waals surface area contributed by atoms with E-state index in [1.54, 1.807) is 0 Å². The van der Waals surface area contributed by atoms with Crippen LogP contribution in [-0.2, 0) is 13.1 Å². The van der Waals surface area contributed by atoms with E-state index in [2.05, 4.69) is 58.9 Å². The number of rotatable bonds is 6. The third-order valence-electron chi connectivity index (χ3n) is 4.60. The van der Waals surface area contributed by atoms with Crippen LogP contribution in [0.3, 0.4) is 0 Å². The molecule has 134 valence electrons. The molecule has 4 rings (SSSR count). The summed E-state index contributed by atoms with van der Waals surface area (Å²) >= 11 is 0. The van der Waals surface area contributed by atoms with Crippen LogP contribution in [0.2, 0.25) is 0 Å². The Morgan fingerprint density at radius 1 is 0.704 bits per heavy atom. The summed E-state index contributed by atoms with van der Waals surface area (Å²) in [5, 5.41) is 7.86. The Balaban J connectivity index is 1.59. The molecule has 0 aliphatic rings. The first-order valence-corrected chi connectivity index (χ1v) is 9.12. The Morgan fingerprint density at radius 3 is 2.30 bits per heavy atom. The lowest BCUT2D eigenvalue weighted by Gasteiger charge is -2.12. The SMILES string of the molecule is Cc1ccccc1CNc1nc(NCc2ccccc2)c2ccccc2n1. The summed E-state index contributed by atoms with van der Waals surface area (Å²) in [4.78, 5) is 9.40. The molecule has 27 heavy (non-hydrogen) atoms. The van der Waals surface area contributed by atoms with Crippen LogP contribution in [0.1, 0.15) is 16.7 Å². The smallest absolute Gasteiger partial charge is 0.225 e. The predicted molar refractivity (Wildman–Crippen MR) is 112 cm³/mol. The molecule has 3 aromatic carbocycles. The van der Waals surface area contributed by atoms with Crippen LogP contribution >= 0.6 is 0 Å². The van der Waals surface area contributed by atoms with Crippen molar-refractivity contribution in [2.45, 2.75) is 20.0 Å². The van der Waals surface area contributed by atoms with Crippen LogP contribution in [0.5, 0.6) is 0 Å². The van der Waals surface area contributed by atoms with E-state index in [4.69, 9.17) is 4.98 Å². The summed E-state index contributed by atoms with van der Waals surface area (Å²) in [6, 6.07) is 26.8. The van der Waals surface area contributed by atoms with Crippen molar-refractivity contribution < 1.29 is 0 Å². The van der Waals surface area contributed by atoms with E-state index in [1.165, 1.54) is 16.7 Å². The molecule has 0 atom stereocenters. The van der Waals surface area contributed by atoms with E-state index < -0.39 is 0 Å². The summed E-state index contributed by atoms with van der Waals surface area (Å²) in [5.74, 6) is 1.48. The number of hydrogen-bond acceptors (Lipinski definition) is 4. The first kappa shape index (κ1) is 17.0. The lowest BCUT2D eigenvalue weighted by Crippen LogP contribution is -2.08. The molecular weight excluding hydrogens is 332 g/mol. The molecule has 0 aliphatic carbocycles. The molecule has 0 fully saturated rings. The second-order valence-corrected chi connectivity index (χ2v) is 6.53. The summed E-state index contributed by atoms with van der Waals surface area (Å²) in [7, 11) is 0. The Hall–Kier alpha value is -3.40. The summed E-state index contributed by atoms with van der Waals surface area (Å²) in [5.41, 5.74) is 4.64. The maximum atomic E-state index is 4.73. The van der Waals surface area contributed by atoms with Gasteiger partial charge in [-0.1, -0.05) is 66.7 Å². The fraction of sp³-hybridized carbons (Fsp3) is 0.130. The highest BCUT2D eigenvalue weighted by molar-refractivity contribution is 5.90. The van der Waals surface area contributed by atoms with Crippen molar-refractivity contribution in [1.82, 2.24) is 9.97 Å². The van der Waals surface area contributed by atoms with E-state index >= 15 is 0 Å². The number of nitrogens with zero attached hydrogens (tertiary/aromatic N) is 2. The van der Waals surface area contributed by atoms with Gasteiger partial charge >= 0.3 is 0 Å². The van der Waals surface area contributed by atoms with Gasteiger partial charge in [-0.15, -0.1) is 0 Å². The molecule has 0 saturated heterocycles. The number of para-hydroxylation sites is 1. The van der Waals surface area contributed by atoms with Crippen LogP contribution in [0.4, 0.5) is 11.8 Å². The molecule has 2 N–H and O–H groups in total. The lowest BCUT2D eigenvalue weighted by atomic mass is 10.1. The van der Waals surface area contributed by atoms with Gasteiger partial charge in [0.1, 0.15) is 5.82 Å². The summed E-state index contributed by atoms with van der Waals surface area (Å²) < 4.78 is 0. The van der Waals surface area contributed by atoms with Gasteiger partial charge in [-0.2, -0.15) is 4.98 Å². The van der Waals surface area contributed by atoms with Crippen molar-refractivity contribution >= 4 is 22.7 Å². The number of aromatic nitrogens is 2. The van der Waals surface area contributed by atoms with Gasteiger partial charge in [0.25, 0.3) is 0 Å². The first-order chi connectivity index (χ1) is 13.3. The van der Waals surface area contributed by atoms with E-state index in [1.807, 2.05) is 42.5 Å². The fourth-order valence-corrected chi connectivity index (χ4v) is 3.05. The number of hydrogen-bond donors (Lipinski definition) is 2. The minimum Gasteiger partial charge on any atom is -0.365 e. The van der Waals surface area contributed by atoms with Gasteiger partial charge in [0.05, 0.1) is 5.52 Å². The van der Waals surface area contributed by atoms with Crippen LogP contribution < -0.4 is 10.6 Å². The second-order valence-electron chi connectivity index (χ2n) is 6.53. The number of nitrogens with one attached hydrogen (secondary N) is 2. The zero-order valence-electron chi connectivity index (χ0n) is 15.3. The van der Waals surface area contributed by atoms with Gasteiger partial charge in [-0.25, -0.2) is 4.98 Å². The zero-order chi connectivity index (χ0) is 18.5. The minimum absolute atomic E-state index is 0.632. The molecule has 1 aromatic heterocycles. The van der Waals surface area contributed by atoms with Gasteiger partial charge in [0.15, 0.2) is 0 Å². The van der Waals surface area contributed by atoms with Crippen LogP contribution in [0.25, 0.3) is 10.9 Å². The number of fused-ring (bicyclic) bond motifs is 1. The Morgan fingerprint density at radius 2 is 1.44 bits per heavy atom. The predicted octanol–water partition coefficient (Wildman–Crippen LogP) is 5.16. The monoisotopic (exact) mass is 354 g/mol. The molecule has 0 amide bonds. The number of benzene rings is 3. The van der Waals surface area contributed by atoms with E-state index in [0.717, 1.165) is 23.3 Å². The Kier molecular flexibility index (Phi) is 4.97. The minimum atomic E-state index is 0.632. The van der Waals surface area contributed by atoms with Crippen LogP contribution in [0.15, 0.2) is 78.9 Å². The highest BCUT2D eigenvalue weighted by Crippen LogP contribution is 2.23. The molecule has 0 spiro atoms. The highest BCUT2D eigenvalue weighted by atomic mass is 15.1. The van der Waals surface area contributed by atoms with E-state index in [9.17, 15) is 0 Å². The number of aryl methyl sites for hydroxylation is 1. The molecule has 0 radical (unpaired) electrons. The van der Waals surface area contributed by atoms with Crippen molar-refractivity contribution in [1.29, 1.82) is 0 Å². The molecule has 4 heteroatoms. The highest BCUT2D eigenvalue weighted by Gasteiger charge is 2.08.